The summed E-state index contributed by atoms with van der Waals surface area (Å²) in [6.07, 6.45) is -0.611. The van der Waals surface area contributed by atoms with Gasteiger partial charge in [-0.15, -0.1) is 0 Å². The number of aromatic hydroxyl groups is 1. The van der Waals surface area contributed by atoms with E-state index in [9.17, 15) is 10.2 Å². The van der Waals surface area contributed by atoms with Crippen LogP contribution in [0.15, 0.2) is 24.3 Å². The van der Waals surface area contributed by atoms with Crippen LogP contribution in [0, 0.1) is 5.41 Å². The van der Waals surface area contributed by atoms with Crippen molar-refractivity contribution in [2.24, 2.45) is 5.41 Å². The summed E-state index contributed by atoms with van der Waals surface area (Å²) in [6, 6.07) is 6.48. The lowest BCUT2D eigenvalue weighted by Crippen LogP contribution is -2.28. The molecule has 3 heteroatoms. The molecule has 0 saturated carbocycles. The molecule has 90 valence electrons. The van der Waals surface area contributed by atoms with E-state index in [1.165, 1.54) is 0 Å². The van der Waals surface area contributed by atoms with Crippen molar-refractivity contribution in [1.29, 1.82) is 0 Å². The second kappa shape index (κ2) is 4.85. The summed E-state index contributed by atoms with van der Waals surface area (Å²) >= 11 is 0. The highest BCUT2D eigenvalue weighted by Crippen LogP contribution is 2.33. The zero-order chi connectivity index (χ0) is 12.3. The van der Waals surface area contributed by atoms with Crippen molar-refractivity contribution < 1.29 is 15.3 Å². The zero-order valence-corrected chi connectivity index (χ0v) is 10.0. The van der Waals surface area contributed by atoms with Crippen molar-refractivity contribution in [3.8, 4) is 5.75 Å². The number of benzene rings is 1. The molecule has 2 atom stereocenters. The van der Waals surface area contributed by atoms with E-state index in [2.05, 4.69) is 0 Å². The Labute approximate surface area is 96.4 Å². The second-order valence-electron chi connectivity index (χ2n) is 4.98. The van der Waals surface area contributed by atoms with E-state index in [1.807, 2.05) is 13.8 Å². The second-order valence-corrected chi connectivity index (χ2v) is 4.98. The lowest BCUT2D eigenvalue weighted by Gasteiger charge is -2.30. The van der Waals surface area contributed by atoms with Crippen LogP contribution in [-0.2, 0) is 0 Å². The van der Waals surface area contributed by atoms with E-state index in [-0.39, 0.29) is 11.2 Å². The molecule has 3 N–H and O–H groups in total. The van der Waals surface area contributed by atoms with E-state index in [0.717, 1.165) is 5.56 Å². The summed E-state index contributed by atoms with van der Waals surface area (Å²) in [6.45, 7) is 5.56. The van der Waals surface area contributed by atoms with Crippen LogP contribution in [-0.4, -0.2) is 21.4 Å². The molecule has 3 nitrogen and oxygen atoms in total. The molecule has 0 aliphatic rings. The van der Waals surface area contributed by atoms with Gasteiger partial charge in [0.05, 0.1) is 12.2 Å². The average molecular weight is 224 g/mol. The number of phenolic OH excluding ortho intramolecular Hbond substituents is 1. The van der Waals surface area contributed by atoms with Gasteiger partial charge in [0.1, 0.15) is 5.75 Å². The number of hydrogen-bond donors (Lipinski definition) is 3. The number of hydrogen-bond acceptors (Lipinski definition) is 3. The maximum absolute atomic E-state index is 10.0. The molecule has 0 radical (unpaired) electrons. The first-order valence-electron chi connectivity index (χ1n) is 5.48. The predicted molar refractivity (Wildman–Crippen MR) is 63.1 cm³/mol. The van der Waals surface area contributed by atoms with Crippen molar-refractivity contribution in [3.63, 3.8) is 0 Å². The fourth-order valence-electron chi connectivity index (χ4n) is 1.48. The molecule has 0 amide bonds. The highest BCUT2D eigenvalue weighted by atomic mass is 16.3. The Morgan fingerprint density at radius 3 is 2.06 bits per heavy atom. The van der Waals surface area contributed by atoms with Gasteiger partial charge in [-0.3, -0.25) is 0 Å². The van der Waals surface area contributed by atoms with Gasteiger partial charge in [0, 0.05) is 0 Å². The summed E-state index contributed by atoms with van der Waals surface area (Å²) < 4.78 is 0. The van der Waals surface area contributed by atoms with Gasteiger partial charge < -0.3 is 15.3 Å². The fraction of sp³-hybridized carbons (Fsp3) is 0.538. The molecule has 1 rings (SSSR count). The van der Waals surface area contributed by atoms with Crippen LogP contribution < -0.4 is 0 Å². The van der Waals surface area contributed by atoms with Crippen LogP contribution in [0.3, 0.4) is 0 Å². The van der Waals surface area contributed by atoms with Gasteiger partial charge in [-0.2, -0.15) is 0 Å². The van der Waals surface area contributed by atoms with Crippen molar-refractivity contribution in [1.82, 2.24) is 0 Å². The molecule has 2 unspecified atom stereocenters. The van der Waals surface area contributed by atoms with Crippen molar-refractivity contribution in [3.05, 3.63) is 29.8 Å². The van der Waals surface area contributed by atoms with Crippen molar-refractivity contribution in [2.75, 3.05) is 0 Å². The summed E-state index contributed by atoms with van der Waals surface area (Å²) in [5.41, 5.74) is 0.420. The summed E-state index contributed by atoms with van der Waals surface area (Å²) in [7, 11) is 0. The van der Waals surface area contributed by atoms with Gasteiger partial charge >= 0.3 is 0 Å². The first kappa shape index (κ1) is 13.0. The van der Waals surface area contributed by atoms with Gasteiger partial charge in [0.15, 0.2) is 0 Å². The molecular weight excluding hydrogens is 204 g/mol. The molecule has 16 heavy (non-hydrogen) atoms. The van der Waals surface area contributed by atoms with E-state index < -0.39 is 12.2 Å². The van der Waals surface area contributed by atoms with Gasteiger partial charge in [-0.05, 0) is 36.5 Å². The lowest BCUT2D eigenvalue weighted by atomic mass is 9.80. The first-order chi connectivity index (χ1) is 7.33. The van der Waals surface area contributed by atoms with Crippen LogP contribution >= 0.6 is 0 Å². The molecule has 0 fully saturated rings. The highest BCUT2D eigenvalue weighted by Gasteiger charge is 2.27. The summed E-state index contributed by atoms with van der Waals surface area (Å²) in [5.74, 6) is 0.186. The van der Waals surface area contributed by atoms with Crippen LogP contribution in [0.25, 0.3) is 0 Å². The predicted octanol–water partition coefficient (Wildman–Crippen LogP) is 2.22. The third kappa shape index (κ3) is 3.22. The molecule has 0 aromatic heterocycles. The van der Waals surface area contributed by atoms with E-state index in [4.69, 9.17) is 5.11 Å². The van der Waals surface area contributed by atoms with Crippen molar-refractivity contribution in [2.45, 2.75) is 39.4 Å². The van der Waals surface area contributed by atoms with Gasteiger partial charge in [0.2, 0.25) is 0 Å². The average Bonchev–Trinajstić information content (AvgIpc) is 2.17. The maximum Gasteiger partial charge on any atom is 0.115 e. The minimum atomic E-state index is -0.620. The molecule has 0 heterocycles. The molecule has 0 bridgehead atoms. The smallest absolute Gasteiger partial charge is 0.115 e. The van der Waals surface area contributed by atoms with Crippen LogP contribution in [0.1, 0.15) is 38.9 Å². The quantitative estimate of drug-likeness (QED) is 0.735. The molecule has 1 aromatic carbocycles. The van der Waals surface area contributed by atoms with Crippen molar-refractivity contribution >= 4 is 0 Å². The van der Waals surface area contributed by atoms with E-state index in [1.54, 1.807) is 31.2 Å². The number of phenols is 1. The van der Waals surface area contributed by atoms with Crippen LogP contribution in [0.5, 0.6) is 5.75 Å². The number of aliphatic hydroxyl groups excluding tert-OH is 2. The Balaban J connectivity index is 2.72. The molecule has 1 aromatic rings. The third-order valence-corrected chi connectivity index (χ3v) is 3.13. The first-order valence-corrected chi connectivity index (χ1v) is 5.48. The van der Waals surface area contributed by atoms with Crippen LogP contribution in [0.2, 0.25) is 0 Å². The topological polar surface area (TPSA) is 60.7 Å². The Bertz CT molecular complexity index is 328. The number of aliphatic hydroxyl groups is 2. The minimum absolute atomic E-state index is 0.186. The third-order valence-electron chi connectivity index (χ3n) is 3.13. The van der Waals surface area contributed by atoms with E-state index >= 15 is 0 Å². The fourth-order valence-corrected chi connectivity index (χ4v) is 1.48. The van der Waals surface area contributed by atoms with Gasteiger partial charge in [-0.25, -0.2) is 0 Å². The zero-order valence-electron chi connectivity index (χ0n) is 10.0. The minimum Gasteiger partial charge on any atom is -0.508 e. The highest BCUT2D eigenvalue weighted by molar-refractivity contribution is 5.27. The summed E-state index contributed by atoms with van der Waals surface area (Å²) in [4.78, 5) is 0. The Hall–Kier alpha value is -1.06. The largest absolute Gasteiger partial charge is 0.508 e. The van der Waals surface area contributed by atoms with Crippen LogP contribution in [0.4, 0.5) is 0 Å². The Morgan fingerprint density at radius 2 is 1.62 bits per heavy atom. The van der Waals surface area contributed by atoms with Gasteiger partial charge in [-0.1, -0.05) is 26.0 Å². The molecule has 0 spiro atoms. The Kier molecular flexibility index (Phi) is 3.94. The Morgan fingerprint density at radius 1 is 1.12 bits per heavy atom. The molecule has 0 aliphatic carbocycles. The number of rotatable bonds is 4. The molecular formula is C13H20O3. The monoisotopic (exact) mass is 224 g/mol. The van der Waals surface area contributed by atoms with Gasteiger partial charge in [0.25, 0.3) is 0 Å². The lowest BCUT2D eigenvalue weighted by molar-refractivity contribution is 0.0189. The molecule has 0 saturated heterocycles. The normalized spacial score (nSPS) is 15.8. The summed E-state index contributed by atoms with van der Waals surface area (Å²) in [5, 5.41) is 28.7. The SMILES string of the molecule is CC(O)C(C)(C)CC(O)c1ccc(O)cc1. The maximum atomic E-state index is 10.0. The van der Waals surface area contributed by atoms with E-state index in [0.29, 0.717) is 6.42 Å². The standard InChI is InChI=1S/C13H20O3/c1-9(14)13(2,3)8-12(16)10-4-6-11(15)7-5-10/h4-7,9,12,14-16H,8H2,1-3H3. The molecule has 0 aliphatic heterocycles.